The Kier molecular flexibility index (Phi) is 7.66. The SMILES string of the molecule is CCN(CC(=O)N[C@@H](Cc1ccccc1)B(O)O)Cc1ccccc1. The van der Waals surface area contributed by atoms with Crippen LogP contribution >= 0.6 is 0 Å². The predicted octanol–water partition coefficient (Wildman–Crippen LogP) is 1.25. The molecule has 0 fully saturated rings. The predicted molar refractivity (Wildman–Crippen MR) is 99.7 cm³/mol. The van der Waals surface area contributed by atoms with Crippen molar-refractivity contribution >= 4 is 13.0 Å². The van der Waals surface area contributed by atoms with E-state index in [1.165, 1.54) is 0 Å². The van der Waals surface area contributed by atoms with Crippen molar-refractivity contribution in [2.24, 2.45) is 0 Å². The zero-order valence-electron chi connectivity index (χ0n) is 14.5. The highest BCUT2D eigenvalue weighted by Crippen LogP contribution is 2.06. The number of hydrogen-bond donors (Lipinski definition) is 3. The van der Waals surface area contributed by atoms with E-state index in [-0.39, 0.29) is 12.5 Å². The topological polar surface area (TPSA) is 72.8 Å². The molecule has 1 atom stereocenters. The monoisotopic (exact) mass is 340 g/mol. The molecule has 0 unspecified atom stereocenters. The van der Waals surface area contributed by atoms with Gasteiger partial charge in [0, 0.05) is 6.54 Å². The van der Waals surface area contributed by atoms with Crippen molar-refractivity contribution in [3.05, 3.63) is 71.8 Å². The summed E-state index contributed by atoms with van der Waals surface area (Å²) >= 11 is 0. The lowest BCUT2D eigenvalue weighted by Gasteiger charge is -2.23. The van der Waals surface area contributed by atoms with Crippen molar-refractivity contribution in [1.82, 2.24) is 10.2 Å². The van der Waals surface area contributed by atoms with Crippen LogP contribution in [0.1, 0.15) is 18.1 Å². The number of hydrogen-bond acceptors (Lipinski definition) is 4. The molecule has 0 aliphatic heterocycles. The van der Waals surface area contributed by atoms with Crippen LogP contribution in [0.2, 0.25) is 0 Å². The Labute approximate surface area is 149 Å². The first-order valence-electron chi connectivity index (χ1n) is 8.54. The summed E-state index contributed by atoms with van der Waals surface area (Å²) < 4.78 is 0. The van der Waals surface area contributed by atoms with E-state index in [1.54, 1.807) is 0 Å². The van der Waals surface area contributed by atoms with Gasteiger partial charge in [-0.15, -0.1) is 0 Å². The van der Waals surface area contributed by atoms with Gasteiger partial charge in [0.05, 0.1) is 12.5 Å². The maximum Gasteiger partial charge on any atom is 0.475 e. The summed E-state index contributed by atoms with van der Waals surface area (Å²) in [6, 6.07) is 19.4. The average Bonchev–Trinajstić information content (AvgIpc) is 2.62. The van der Waals surface area contributed by atoms with Crippen LogP contribution in [0.4, 0.5) is 0 Å². The largest absolute Gasteiger partial charge is 0.475 e. The van der Waals surface area contributed by atoms with Gasteiger partial charge in [0.2, 0.25) is 5.91 Å². The second-order valence-electron chi connectivity index (χ2n) is 6.07. The summed E-state index contributed by atoms with van der Waals surface area (Å²) in [5.41, 5.74) is 2.08. The van der Waals surface area contributed by atoms with Gasteiger partial charge in [0.25, 0.3) is 0 Å². The van der Waals surface area contributed by atoms with Gasteiger partial charge in [-0.2, -0.15) is 0 Å². The molecule has 0 aliphatic rings. The molecule has 0 aromatic heterocycles. The summed E-state index contributed by atoms with van der Waals surface area (Å²) in [5.74, 6) is -0.947. The van der Waals surface area contributed by atoms with E-state index in [1.807, 2.05) is 72.5 Å². The van der Waals surface area contributed by atoms with Crippen LogP contribution < -0.4 is 5.32 Å². The molecule has 0 saturated carbocycles. The van der Waals surface area contributed by atoms with Crippen LogP contribution in [-0.2, 0) is 17.8 Å². The molecule has 5 nitrogen and oxygen atoms in total. The van der Waals surface area contributed by atoms with Crippen molar-refractivity contribution < 1.29 is 14.8 Å². The maximum absolute atomic E-state index is 12.3. The van der Waals surface area contributed by atoms with E-state index in [4.69, 9.17) is 0 Å². The summed E-state index contributed by atoms with van der Waals surface area (Å²) in [4.78, 5) is 14.3. The molecule has 2 aromatic carbocycles. The molecule has 0 saturated heterocycles. The van der Waals surface area contributed by atoms with E-state index in [0.29, 0.717) is 13.0 Å². The average molecular weight is 340 g/mol. The molecule has 0 heterocycles. The van der Waals surface area contributed by atoms with E-state index < -0.39 is 13.1 Å². The summed E-state index contributed by atoms with van der Waals surface area (Å²) in [6.45, 7) is 3.62. The zero-order chi connectivity index (χ0) is 18.1. The smallest absolute Gasteiger partial charge is 0.426 e. The fourth-order valence-corrected chi connectivity index (χ4v) is 2.68. The highest BCUT2D eigenvalue weighted by Gasteiger charge is 2.26. The van der Waals surface area contributed by atoms with E-state index in [9.17, 15) is 14.8 Å². The third-order valence-electron chi connectivity index (χ3n) is 4.07. The summed E-state index contributed by atoms with van der Waals surface area (Å²) in [6.07, 6.45) is 0.370. The second kappa shape index (κ2) is 9.98. The van der Waals surface area contributed by atoms with Gasteiger partial charge in [-0.1, -0.05) is 67.6 Å². The number of amides is 1. The molecule has 3 N–H and O–H groups in total. The zero-order valence-corrected chi connectivity index (χ0v) is 14.5. The third kappa shape index (κ3) is 6.70. The molecule has 2 rings (SSSR count). The van der Waals surface area contributed by atoms with Gasteiger partial charge in [0.15, 0.2) is 0 Å². The lowest BCUT2D eigenvalue weighted by Crippen LogP contribution is -2.50. The maximum atomic E-state index is 12.3. The van der Waals surface area contributed by atoms with Crippen LogP contribution in [0.3, 0.4) is 0 Å². The van der Waals surface area contributed by atoms with E-state index in [0.717, 1.165) is 17.7 Å². The van der Waals surface area contributed by atoms with Crippen LogP contribution in [0.15, 0.2) is 60.7 Å². The van der Waals surface area contributed by atoms with Crippen LogP contribution in [0.5, 0.6) is 0 Å². The third-order valence-corrected chi connectivity index (χ3v) is 4.07. The number of nitrogens with zero attached hydrogens (tertiary/aromatic N) is 1. The van der Waals surface area contributed by atoms with Gasteiger partial charge >= 0.3 is 7.12 Å². The Hall–Kier alpha value is -2.15. The lowest BCUT2D eigenvalue weighted by atomic mass is 9.76. The highest BCUT2D eigenvalue weighted by atomic mass is 16.4. The van der Waals surface area contributed by atoms with Crippen molar-refractivity contribution in [2.75, 3.05) is 13.1 Å². The first-order chi connectivity index (χ1) is 12.1. The molecule has 0 radical (unpaired) electrons. The molecule has 2 aromatic rings. The first-order valence-corrected chi connectivity index (χ1v) is 8.54. The fourth-order valence-electron chi connectivity index (χ4n) is 2.68. The molecule has 6 heteroatoms. The standard InChI is InChI=1S/C19H25BN2O3/c1-2-22(14-17-11-7-4-8-12-17)15-19(23)21-18(20(24)25)13-16-9-5-3-6-10-16/h3-12,18,24-25H,2,13-15H2,1H3,(H,21,23)/t18-/m0/s1. The Morgan fingerprint density at radius 2 is 1.60 bits per heavy atom. The van der Waals surface area contributed by atoms with Gasteiger partial charge in [-0.05, 0) is 24.1 Å². The number of likely N-dealkylation sites (N-methyl/N-ethyl adjacent to an activating group) is 1. The normalized spacial score (nSPS) is 12.0. The Balaban J connectivity index is 1.91. The molecule has 0 aliphatic carbocycles. The van der Waals surface area contributed by atoms with Gasteiger partial charge in [-0.25, -0.2) is 0 Å². The Bertz CT molecular complexity index is 638. The first kappa shape index (κ1) is 19.2. The lowest BCUT2D eigenvalue weighted by molar-refractivity contribution is -0.122. The van der Waals surface area contributed by atoms with Crippen LogP contribution in [0.25, 0.3) is 0 Å². The van der Waals surface area contributed by atoms with Crippen molar-refractivity contribution in [2.45, 2.75) is 25.8 Å². The van der Waals surface area contributed by atoms with Crippen molar-refractivity contribution in [3.8, 4) is 0 Å². The molecule has 0 bridgehead atoms. The van der Waals surface area contributed by atoms with Crippen LogP contribution in [-0.4, -0.2) is 47.0 Å². The molecule has 132 valence electrons. The van der Waals surface area contributed by atoms with Crippen molar-refractivity contribution in [3.63, 3.8) is 0 Å². The second-order valence-corrected chi connectivity index (χ2v) is 6.07. The highest BCUT2D eigenvalue weighted by molar-refractivity contribution is 6.43. The minimum absolute atomic E-state index is 0.212. The van der Waals surface area contributed by atoms with E-state index >= 15 is 0 Å². The number of rotatable bonds is 9. The number of carbonyl (C=O) groups excluding carboxylic acids is 1. The van der Waals surface area contributed by atoms with E-state index in [2.05, 4.69) is 5.32 Å². The number of carbonyl (C=O) groups is 1. The summed E-state index contributed by atoms with van der Waals surface area (Å²) in [5, 5.41) is 21.9. The number of nitrogens with one attached hydrogen (secondary N) is 1. The molecule has 1 amide bonds. The van der Waals surface area contributed by atoms with Crippen molar-refractivity contribution in [1.29, 1.82) is 0 Å². The quantitative estimate of drug-likeness (QED) is 0.601. The minimum atomic E-state index is -1.60. The van der Waals surface area contributed by atoms with Crippen LogP contribution in [0, 0.1) is 0 Å². The Morgan fingerprint density at radius 1 is 1.04 bits per heavy atom. The molecule has 25 heavy (non-hydrogen) atoms. The van der Waals surface area contributed by atoms with Gasteiger partial charge in [-0.3, -0.25) is 9.69 Å². The fraction of sp³-hybridized carbons (Fsp3) is 0.316. The van der Waals surface area contributed by atoms with Gasteiger partial charge in [0.1, 0.15) is 0 Å². The molecular formula is C19H25BN2O3. The minimum Gasteiger partial charge on any atom is -0.426 e. The summed E-state index contributed by atoms with van der Waals surface area (Å²) in [7, 11) is -1.60. The Morgan fingerprint density at radius 3 is 2.12 bits per heavy atom. The van der Waals surface area contributed by atoms with Gasteiger partial charge < -0.3 is 15.4 Å². The number of benzene rings is 2. The molecular weight excluding hydrogens is 315 g/mol. The molecule has 0 spiro atoms.